The first kappa shape index (κ1) is 21.1. The second-order valence-electron chi connectivity index (χ2n) is 5.85. The molecule has 1 atom stereocenters. The van der Waals surface area contributed by atoms with Crippen molar-refractivity contribution in [2.75, 3.05) is 13.2 Å². The molecule has 0 radical (unpaired) electrons. The minimum absolute atomic E-state index is 0.288. The highest BCUT2D eigenvalue weighted by Gasteiger charge is 2.13. The highest BCUT2D eigenvalue weighted by Crippen LogP contribution is 2.37. The molecule has 0 bridgehead atoms. The van der Waals surface area contributed by atoms with Crippen molar-refractivity contribution >= 4 is 34.8 Å². The smallest absolute Gasteiger partial charge is 0.180 e. The van der Waals surface area contributed by atoms with E-state index < -0.39 is 6.10 Å². The van der Waals surface area contributed by atoms with Crippen molar-refractivity contribution in [2.45, 2.75) is 33.1 Å². The van der Waals surface area contributed by atoms with Crippen molar-refractivity contribution in [1.82, 2.24) is 5.32 Å². The monoisotopic (exact) mass is 417 g/mol. The first-order chi connectivity index (χ1) is 12.4. The Morgan fingerprint density at radius 3 is 2.38 bits per heavy atom. The number of aliphatic hydroxyl groups is 1. The summed E-state index contributed by atoms with van der Waals surface area (Å²) >= 11 is 18.4. The van der Waals surface area contributed by atoms with E-state index in [-0.39, 0.29) is 6.61 Å². The predicted molar refractivity (Wildman–Crippen MR) is 107 cm³/mol. The van der Waals surface area contributed by atoms with Crippen LogP contribution in [-0.2, 0) is 13.2 Å². The van der Waals surface area contributed by atoms with E-state index in [2.05, 4.69) is 5.32 Å². The minimum atomic E-state index is -0.411. The molecule has 0 unspecified atom stereocenters. The van der Waals surface area contributed by atoms with Crippen molar-refractivity contribution in [3.8, 4) is 11.5 Å². The molecule has 2 rings (SSSR count). The molecule has 4 nitrogen and oxygen atoms in total. The molecule has 0 saturated heterocycles. The van der Waals surface area contributed by atoms with E-state index >= 15 is 0 Å². The summed E-state index contributed by atoms with van der Waals surface area (Å²) in [7, 11) is 0. The molecular weight excluding hydrogens is 397 g/mol. The number of rotatable bonds is 9. The number of hydrogen-bond donors (Lipinski definition) is 2. The van der Waals surface area contributed by atoms with Crippen molar-refractivity contribution in [2.24, 2.45) is 0 Å². The molecule has 0 aliphatic carbocycles. The number of aliphatic hydroxyl groups excluding tert-OH is 1. The van der Waals surface area contributed by atoms with Crippen LogP contribution in [0.4, 0.5) is 0 Å². The van der Waals surface area contributed by atoms with E-state index in [0.717, 1.165) is 11.1 Å². The SMILES string of the molecule is CCOc1cc(CNC[C@@H](C)O)cc(Cl)c1OCc1ccc(Cl)c(Cl)c1. The van der Waals surface area contributed by atoms with E-state index in [4.69, 9.17) is 44.3 Å². The lowest BCUT2D eigenvalue weighted by Gasteiger charge is -2.16. The predicted octanol–water partition coefficient (Wildman–Crippen LogP) is 5.09. The van der Waals surface area contributed by atoms with E-state index in [1.54, 1.807) is 19.1 Å². The molecule has 7 heteroatoms. The highest BCUT2D eigenvalue weighted by atomic mass is 35.5. The van der Waals surface area contributed by atoms with E-state index in [9.17, 15) is 5.11 Å². The van der Waals surface area contributed by atoms with Crippen LogP contribution in [0.15, 0.2) is 30.3 Å². The topological polar surface area (TPSA) is 50.7 Å². The molecule has 2 aromatic rings. The summed E-state index contributed by atoms with van der Waals surface area (Å²) in [4.78, 5) is 0. The van der Waals surface area contributed by atoms with Crippen LogP contribution < -0.4 is 14.8 Å². The second kappa shape index (κ2) is 10.2. The fourth-order valence-corrected chi connectivity index (χ4v) is 2.95. The van der Waals surface area contributed by atoms with Gasteiger partial charge in [0.25, 0.3) is 0 Å². The molecule has 0 aliphatic rings. The fraction of sp³-hybridized carbons (Fsp3) is 0.368. The van der Waals surface area contributed by atoms with Crippen molar-refractivity contribution in [3.05, 3.63) is 56.5 Å². The number of halogens is 3. The highest BCUT2D eigenvalue weighted by molar-refractivity contribution is 6.42. The van der Waals surface area contributed by atoms with Crippen LogP contribution in [0.3, 0.4) is 0 Å². The number of nitrogens with one attached hydrogen (secondary N) is 1. The van der Waals surface area contributed by atoms with Gasteiger partial charge in [0.2, 0.25) is 0 Å². The molecule has 0 fully saturated rings. The molecule has 0 heterocycles. The summed E-state index contributed by atoms with van der Waals surface area (Å²) in [5.74, 6) is 1.06. The maximum absolute atomic E-state index is 9.33. The lowest BCUT2D eigenvalue weighted by atomic mass is 10.2. The molecule has 0 aromatic heterocycles. The maximum Gasteiger partial charge on any atom is 0.180 e. The van der Waals surface area contributed by atoms with Crippen LogP contribution in [0.25, 0.3) is 0 Å². The third-order valence-corrected chi connectivity index (χ3v) is 4.52. The Morgan fingerprint density at radius 1 is 1.00 bits per heavy atom. The van der Waals surface area contributed by atoms with Crippen LogP contribution in [0, 0.1) is 0 Å². The van der Waals surface area contributed by atoms with E-state index in [1.807, 2.05) is 25.1 Å². The summed E-state index contributed by atoms with van der Waals surface area (Å²) in [5.41, 5.74) is 1.82. The number of hydrogen-bond acceptors (Lipinski definition) is 4. The van der Waals surface area contributed by atoms with Gasteiger partial charge in [0.05, 0.1) is 27.8 Å². The Balaban J connectivity index is 2.14. The van der Waals surface area contributed by atoms with Crippen LogP contribution in [0.2, 0.25) is 15.1 Å². The van der Waals surface area contributed by atoms with Crippen LogP contribution in [-0.4, -0.2) is 24.4 Å². The zero-order chi connectivity index (χ0) is 19.1. The first-order valence-electron chi connectivity index (χ1n) is 8.31. The Labute approximate surface area is 169 Å². The van der Waals surface area contributed by atoms with Gasteiger partial charge in [0, 0.05) is 13.1 Å². The van der Waals surface area contributed by atoms with Gasteiger partial charge < -0.3 is 19.9 Å². The second-order valence-corrected chi connectivity index (χ2v) is 7.08. The normalized spacial score (nSPS) is 12.1. The van der Waals surface area contributed by atoms with Crippen LogP contribution >= 0.6 is 34.8 Å². The third kappa shape index (κ3) is 6.22. The van der Waals surface area contributed by atoms with Crippen molar-refractivity contribution in [3.63, 3.8) is 0 Å². The molecule has 0 amide bonds. The molecule has 2 aromatic carbocycles. The Hall–Kier alpha value is -1.17. The zero-order valence-corrected chi connectivity index (χ0v) is 17.0. The van der Waals surface area contributed by atoms with Gasteiger partial charge in [-0.15, -0.1) is 0 Å². The lowest BCUT2D eigenvalue weighted by molar-refractivity contribution is 0.191. The molecule has 142 valence electrons. The Bertz CT molecular complexity index is 738. The van der Waals surface area contributed by atoms with Crippen molar-refractivity contribution in [1.29, 1.82) is 0 Å². The van der Waals surface area contributed by atoms with E-state index in [1.165, 1.54) is 0 Å². The van der Waals surface area contributed by atoms with Gasteiger partial charge in [-0.3, -0.25) is 0 Å². The van der Waals surface area contributed by atoms with Gasteiger partial charge in [-0.05, 0) is 49.2 Å². The molecule has 0 saturated carbocycles. The Morgan fingerprint density at radius 2 is 1.73 bits per heavy atom. The standard InChI is InChI=1S/C19H22Cl3NO3/c1-3-25-18-8-14(10-23-9-12(2)24)7-17(22)19(18)26-11-13-4-5-15(20)16(21)6-13/h4-8,12,23-24H,3,9-11H2,1-2H3/t12-/m1/s1. The average molecular weight is 419 g/mol. The Kier molecular flexibility index (Phi) is 8.32. The molecule has 26 heavy (non-hydrogen) atoms. The van der Waals surface area contributed by atoms with E-state index in [0.29, 0.717) is 46.3 Å². The molecule has 0 aliphatic heterocycles. The molecule has 0 spiro atoms. The van der Waals surface area contributed by atoms with Gasteiger partial charge in [-0.25, -0.2) is 0 Å². The fourth-order valence-electron chi connectivity index (χ4n) is 2.34. The van der Waals surface area contributed by atoms with Gasteiger partial charge in [0.1, 0.15) is 6.61 Å². The summed E-state index contributed by atoms with van der Waals surface area (Å²) in [6.45, 7) is 5.47. The summed E-state index contributed by atoms with van der Waals surface area (Å²) in [5, 5.41) is 13.9. The van der Waals surface area contributed by atoms with Crippen molar-refractivity contribution < 1.29 is 14.6 Å². The minimum Gasteiger partial charge on any atom is -0.490 e. The largest absolute Gasteiger partial charge is 0.490 e. The molecular formula is C19H22Cl3NO3. The number of ether oxygens (including phenoxy) is 2. The zero-order valence-electron chi connectivity index (χ0n) is 14.7. The van der Waals surface area contributed by atoms with Gasteiger partial charge in [0.15, 0.2) is 11.5 Å². The van der Waals surface area contributed by atoms with Gasteiger partial charge in [-0.2, -0.15) is 0 Å². The quantitative estimate of drug-likeness (QED) is 0.595. The number of benzene rings is 2. The first-order valence-corrected chi connectivity index (χ1v) is 9.44. The third-order valence-electron chi connectivity index (χ3n) is 3.51. The van der Waals surface area contributed by atoms with Gasteiger partial charge in [-0.1, -0.05) is 40.9 Å². The van der Waals surface area contributed by atoms with Crippen LogP contribution in [0.5, 0.6) is 11.5 Å². The summed E-state index contributed by atoms with van der Waals surface area (Å²) in [6, 6.07) is 9.03. The van der Waals surface area contributed by atoms with Gasteiger partial charge >= 0.3 is 0 Å². The molecule has 2 N–H and O–H groups in total. The average Bonchev–Trinajstić information content (AvgIpc) is 2.57. The summed E-state index contributed by atoms with van der Waals surface area (Å²) < 4.78 is 11.6. The lowest BCUT2D eigenvalue weighted by Crippen LogP contribution is -2.23. The van der Waals surface area contributed by atoms with Crippen LogP contribution in [0.1, 0.15) is 25.0 Å². The maximum atomic E-state index is 9.33. The summed E-state index contributed by atoms with van der Waals surface area (Å²) in [6.07, 6.45) is -0.411.